The summed E-state index contributed by atoms with van der Waals surface area (Å²) < 4.78 is 6.37. The van der Waals surface area contributed by atoms with Crippen LogP contribution in [-0.4, -0.2) is 20.6 Å². The van der Waals surface area contributed by atoms with Crippen LogP contribution < -0.4 is 10.9 Å². The summed E-state index contributed by atoms with van der Waals surface area (Å²) in [5.41, 5.74) is 1.18. The lowest BCUT2D eigenvalue weighted by Crippen LogP contribution is -2.27. The fourth-order valence-electron chi connectivity index (χ4n) is 2.27. The highest BCUT2D eigenvalue weighted by atomic mass is 16.5. The first-order valence-electron chi connectivity index (χ1n) is 7.26. The van der Waals surface area contributed by atoms with Gasteiger partial charge in [0.15, 0.2) is 0 Å². The molecule has 23 heavy (non-hydrogen) atoms. The first-order valence-corrected chi connectivity index (χ1v) is 7.26. The zero-order chi connectivity index (χ0) is 16.2. The van der Waals surface area contributed by atoms with Crippen LogP contribution in [0.15, 0.2) is 46.0 Å². The maximum absolute atomic E-state index is 12.3. The lowest BCUT2D eigenvalue weighted by atomic mass is 10.2. The first-order chi connectivity index (χ1) is 11.1. The number of aromatic nitrogens is 3. The fraction of sp³-hybridized carbons (Fsp3) is 0.250. The number of aryl methyl sites for hydroxylation is 2. The van der Waals surface area contributed by atoms with E-state index in [0.717, 1.165) is 0 Å². The van der Waals surface area contributed by atoms with E-state index >= 15 is 0 Å². The quantitative estimate of drug-likeness (QED) is 0.769. The molecule has 0 saturated carbocycles. The molecule has 1 N–H and O–H groups in total. The predicted molar refractivity (Wildman–Crippen MR) is 83.7 cm³/mol. The average molecular weight is 312 g/mol. The van der Waals surface area contributed by atoms with Gasteiger partial charge in [-0.3, -0.25) is 14.2 Å². The summed E-state index contributed by atoms with van der Waals surface area (Å²) in [6.45, 7) is 2.37. The summed E-state index contributed by atoms with van der Waals surface area (Å²) >= 11 is 0. The Morgan fingerprint density at radius 1 is 1.35 bits per heavy atom. The zero-order valence-corrected chi connectivity index (χ0v) is 12.7. The number of hydrogen-bond donors (Lipinski definition) is 1. The van der Waals surface area contributed by atoms with Crippen molar-refractivity contribution in [1.29, 1.82) is 0 Å². The number of rotatable bonds is 5. The van der Waals surface area contributed by atoms with E-state index in [1.807, 2.05) is 6.07 Å². The molecule has 0 fully saturated rings. The van der Waals surface area contributed by atoms with Crippen molar-refractivity contribution in [2.75, 3.05) is 0 Å². The van der Waals surface area contributed by atoms with Crippen molar-refractivity contribution in [3.05, 3.63) is 58.5 Å². The molecule has 1 aromatic carbocycles. The minimum Gasteiger partial charge on any atom is -0.361 e. The van der Waals surface area contributed by atoms with Crippen LogP contribution in [0.3, 0.4) is 0 Å². The second-order valence-electron chi connectivity index (χ2n) is 5.22. The van der Waals surface area contributed by atoms with Gasteiger partial charge in [-0.1, -0.05) is 17.3 Å². The molecular weight excluding hydrogens is 296 g/mol. The Balaban J connectivity index is 1.60. The summed E-state index contributed by atoms with van der Waals surface area (Å²) in [6.07, 6.45) is 1.66. The Hall–Kier alpha value is -2.96. The van der Waals surface area contributed by atoms with Crippen LogP contribution in [0.4, 0.5) is 0 Å². The number of benzene rings is 1. The minimum atomic E-state index is -0.161. The van der Waals surface area contributed by atoms with Crippen molar-refractivity contribution in [3.63, 3.8) is 0 Å². The van der Waals surface area contributed by atoms with Gasteiger partial charge in [0, 0.05) is 19.0 Å². The van der Waals surface area contributed by atoms with Gasteiger partial charge in [-0.05, 0) is 19.1 Å². The molecule has 0 bridgehead atoms. The molecule has 0 saturated heterocycles. The summed E-state index contributed by atoms with van der Waals surface area (Å²) in [4.78, 5) is 28.4. The van der Waals surface area contributed by atoms with E-state index in [-0.39, 0.29) is 24.4 Å². The Kier molecular flexibility index (Phi) is 4.18. The Morgan fingerprint density at radius 3 is 2.96 bits per heavy atom. The first kappa shape index (κ1) is 15.0. The average Bonchev–Trinajstić information content (AvgIpc) is 2.98. The largest absolute Gasteiger partial charge is 0.361 e. The van der Waals surface area contributed by atoms with E-state index in [1.165, 1.54) is 10.9 Å². The van der Waals surface area contributed by atoms with E-state index in [0.29, 0.717) is 28.9 Å². The molecule has 118 valence electrons. The Morgan fingerprint density at radius 2 is 2.17 bits per heavy atom. The normalized spacial score (nSPS) is 10.8. The summed E-state index contributed by atoms with van der Waals surface area (Å²) in [5, 5.41) is 7.09. The number of para-hydroxylation sites is 1. The molecule has 1 amide bonds. The molecule has 7 heteroatoms. The topological polar surface area (TPSA) is 90.0 Å². The van der Waals surface area contributed by atoms with Crippen molar-refractivity contribution >= 4 is 16.8 Å². The number of nitrogens with zero attached hydrogens (tertiary/aromatic N) is 3. The van der Waals surface area contributed by atoms with E-state index in [1.54, 1.807) is 31.2 Å². The molecule has 0 unspecified atom stereocenters. The van der Waals surface area contributed by atoms with Crippen LogP contribution in [-0.2, 0) is 17.9 Å². The molecule has 0 aliphatic heterocycles. The SMILES string of the molecule is Cc1cc(CNC(=O)CCn2cnc3ccccc3c2=O)no1. The third-order valence-electron chi connectivity index (χ3n) is 3.45. The van der Waals surface area contributed by atoms with Crippen LogP contribution in [0, 0.1) is 6.92 Å². The Bertz CT molecular complexity index is 897. The van der Waals surface area contributed by atoms with Crippen LogP contribution >= 0.6 is 0 Å². The van der Waals surface area contributed by atoms with Crippen molar-refractivity contribution in [2.24, 2.45) is 0 Å². The van der Waals surface area contributed by atoms with E-state index < -0.39 is 0 Å². The van der Waals surface area contributed by atoms with Gasteiger partial charge in [-0.2, -0.15) is 0 Å². The maximum Gasteiger partial charge on any atom is 0.261 e. The molecule has 3 rings (SSSR count). The monoisotopic (exact) mass is 312 g/mol. The van der Waals surface area contributed by atoms with Gasteiger partial charge < -0.3 is 9.84 Å². The van der Waals surface area contributed by atoms with E-state index in [2.05, 4.69) is 15.5 Å². The number of fused-ring (bicyclic) bond motifs is 1. The number of nitrogens with one attached hydrogen (secondary N) is 1. The van der Waals surface area contributed by atoms with Gasteiger partial charge in [-0.15, -0.1) is 0 Å². The molecular formula is C16H16N4O3. The van der Waals surface area contributed by atoms with Gasteiger partial charge in [0.2, 0.25) is 5.91 Å². The van der Waals surface area contributed by atoms with Crippen molar-refractivity contribution < 1.29 is 9.32 Å². The molecule has 2 heterocycles. The maximum atomic E-state index is 12.3. The molecule has 0 radical (unpaired) electrons. The molecule has 0 aliphatic rings. The lowest BCUT2D eigenvalue weighted by molar-refractivity contribution is -0.121. The van der Waals surface area contributed by atoms with Crippen LogP contribution in [0.2, 0.25) is 0 Å². The molecule has 2 aromatic heterocycles. The lowest BCUT2D eigenvalue weighted by Gasteiger charge is -2.06. The summed E-state index contributed by atoms with van der Waals surface area (Å²) in [7, 11) is 0. The number of carbonyl (C=O) groups is 1. The van der Waals surface area contributed by atoms with Gasteiger partial charge in [-0.25, -0.2) is 4.98 Å². The zero-order valence-electron chi connectivity index (χ0n) is 12.7. The van der Waals surface area contributed by atoms with Gasteiger partial charge in [0.25, 0.3) is 5.56 Å². The highest BCUT2D eigenvalue weighted by Crippen LogP contribution is 2.05. The van der Waals surface area contributed by atoms with Crippen LogP contribution in [0.5, 0.6) is 0 Å². The van der Waals surface area contributed by atoms with E-state index in [4.69, 9.17) is 4.52 Å². The highest BCUT2D eigenvalue weighted by Gasteiger charge is 2.07. The number of amides is 1. The summed E-state index contributed by atoms with van der Waals surface area (Å²) in [6, 6.07) is 8.90. The number of carbonyl (C=O) groups excluding carboxylic acids is 1. The fourth-order valence-corrected chi connectivity index (χ4v) is 2.27. The molecule has 3 aromatic rings. The van der Waals surface area contributed by atoms with Gasteiger partial charge in [0.1, 0.15) is 11.5 Å². The van der Waals surface area contributed by atoms with Crippen molar-refractivity contribution in [2.45, 2.75) is 26.4 Å². The van der Waals surface area contributed by atoms with E-state index in [9.17, 15) is 9.59 Å². The highest BCUT2D eigenvalue weighted by molar-refractivity contribution is 5.77. The van der Waals surface area contributed by atoms with Crippen LogP contribution in [0.1, 0.15) is 17.9 Å². The predicted octanol–water partition coefficient (Wildman–Crippen LogP) is 1.40. The second-order valence-corrected chi connectivity index (χ2v) is 5.22. The van der Waals surface area contributed by atoms with Crippen molar-refractivity contribution in [3.8, 4) is 0 Å². The Labute approximate surface area is 131 Å². The van der Waals surface area contributed by atoms with Crippen LogP contribution in [0.25, 0.3) is 10.9 Å². The van der Waals surface area contributed by atoms with Crippen molar-refractivity contribution in [1.82, 2.24) is 20.0 Å². The minimum absolute atomic E-state index is 0.143. The standard InChI is InChI=1S/C16H16N4O3/c1-11-8-12(19-23-11)9-17-15(21)6-7-20-10-18-14-5-3-2-4-13(14)16(20)22/h2-5,8,10H,6-7,9H2,1H3,(H,17,21). The smallest absolute Gasteiger partial charge is 0.261 e. The van der Waals surface area contributed by atoms with Gasteiger partial charge in [0.05, 0.1) is 23.8 Å². The number of hydrogen-bond acceptors (Lipinski definition) is 5. The summed E-state index contributed by atoms with van der Waals surface area (Å²) in [5.74, 6) is 0.536. The molecule has 0 spiro atoms. The molecule has 0 aliphatic carbocycles. The third-order valence-corrected chi connectivity index (χ3v) is 3.45. The second kappa shape index (κ2) is 6.43. The third kappa shape index (κ3) is 3.45. The molecule has 0 atom stereocenters. The van der Waals surface area contributed by atoms with Gasteiger partial charge >= 0.3 is 0 Å². The molecule has 7 nitrogen and oxygen atoms in total.